The summed E-state index contributed by atoms with van der Waals surface area (Å²) < 4.78 is 0. The van der Waals surface area contributed by atoms with E-state index in [0.717, 1.165) is 13.0 Å². The molecule has 0 bridgehead atoms. The van der Waals surface area contributed by atoms with Gasteiger partial charge in [0, 0.05) is 17.5 Å². The van der Waals surface area contributed by atoms with E-state index in [4.69, 9.17) is 5.73 Å². The summed E-state index contributed by atoms with van der Waals surface area (Å²) in [6.07, 6.45) is 1.08. The first-order chi connectivity index (χ1) is 7.58. The molecule has 90 valence electrons. The monoisotopic (exact) mass is 239 g/mol. The Balaban J connectivity index is 2.31. The minimum atomic E-state index is 0.344. The standard InChI is InChI=1S/C12H21N3S/c1-9(2)15-12(13)14-8-10(3)7-11-5-4-6-16-11/h4-6,9-10H,7-8H2,1-3H3,(H3,13,14,15). The van der Waals surface area contributed by atoms with Crippen LogP contribution in [0.15, 0.2) is 22.5 Å². The first-order valence-electron chi connectivity index (χ1n) is 5.66. The van der Waals surface area contributed by atoms with Crippen molar-refractivity contribution in [3.8, 4) is 0 Å². The molecule has 0 amide bonds. The average Bonchev–Trinajstić information content (AvgIpc) is 2.66. The zero-order valence-corrected chi connectivity index (χ0v) is 11.1. The number of nitrogens with two attached hydrogens (primary N) is 1. The van der Waals surface area contributed by atoms with Crippen molar-refractivity contribution in [3.05, 3.63) is 22.4 Å². The van der Waals surface area contributed by atoms with Crippen LogP contribution >= 0.6 is 11.3 Å². The van der Waals surface area contributed by atoms with Crippen LogP contribution in [0.25, 0.3) is 0 Å². The maximum absolute atomic E-state index is 5.74. The summed E-state index contributed by atoms with van der Waals surface area (Å²) in [6, 6.07) is 4.60. The molecule has 0 fully saturated rings. The molecule has 0 saturated heterocycles. The Labute approximate surface area is 102 Å². The molecule has 1 aromatic rings. The third-order valence-corrected chi connectivity index (χ3v) is 3.04. The van der Waals surface area contributed by atoms with Gasteiger partial charge in [-0.2, -0.15) is 0 Å². The molecule has 1 unspecified atom stereocenters. The molecule has 0 saturated carbocycles. The van der Waals surface area contributed by atoms with Crippen molar-refractivity contribution >= 4 is 17.3 Å². The van der Waals surface area contributed by atoms with Gasteiger partial charge >= 0.3 is 0 Å². The first-order valence-corrected chi connectivity index (χ1v) is 6.54. The van der Waals surface area contributed by atoms with Gasteiger partial charge in [0.2, 0.25) is 0 Å². The second-order valence-corrected chi connectivity index (χ2v) is 5.45. The number of nitrogens with one attached hydrogen (secondary N) is 1. The number of hydrogen-bond donors (Lipinski definition) is 2. The van der Waals surface area contributed by atoms with E-state index < -0.39 is 0 Å². The van der Waals surface area contributed by atoms with E-state index in [1.165, 1.54) is 4.88 Å². The topological polar surface area (TPSA) is 50.4 Å². The van der Waals surface area contributed by atoms with Crippen LogP contribution in [0.1, 0.15) is 25.6 Å². The molecule has 1 atom stereocenters. The van der Waals surface area contributed by atoms with Crippen LogP contribution in [0.5, 0.6) is 0 Å². The van der Waals surface area contributed by atoms with Crippen molar-refractivity contribution < 1.29 is 0 Å². The Morgan fingerprint density at radius 1 is 1.50 bits per heavy atom. The molecule has 0 aromatic carbocycles. The fraction of sp³-hybridized carbons (Fsp3) is 0.583. The maximum Gasteiger partial charge on any atom is 0.188 e. The van der Waals surface area contributed by atoms with Crippen molar-refractivity contribution in [2.24, 2.45) is 16.6 Å². The zero-order valence-electron chi connectivity index (χ0n) is 10.2. The SMILES string of the molecule is CC(CN=C(N)NC(C)C)Cc1cccs1. The van der Waals surface area contributed by atoms with Crippen LogP contribution in [-0.2, 0) is 6.42 Å². The molecule has 4 heteroatoms. The number of guanidine groups is 1. The number of aliphatic imine (C=N–C) groups is 1. The van der Waals surface area contributed by atoms with Crippen molar-refractivity contribution in [1.29, 1.82) is 0 Å². The Bertz CT molecular complexity index is 317. The van der Waals surface area contributed by atoms with E-state index in [1.807, 2.05) is 0 Å². The van der Waals surface area contributed by atoms with E-state index in [9.17, 15) is 0 Å². The van der Waals surface area contributed by atoms with Crippen LogP contribution < -0.4 is 11.1 Å². The van der Waals surface area contributed by atoms with E-state index in [0.29, 0.717) is 17.9 Å². The van der Waals surface area contributed by atoms with Crippen LogP contribution in [0.4, 0.5) is 0 Å². The third kappa shape index (κ3) is 5.16. The van der Waals surface area contributed by atoms with Crippen LogP contribution in [-0.4, -0.2) is 18.5 Å². The van der Waals surface area contributed by atoms with Gasteiger partial charge in [0.1, 0.15) is 0 Å². The predicted molar refractivity (Wildman–Crippen MR) is 71.9 cm³/mol. The predicted octanol–water partition coefficient (Wildman–Crippen LogP) is 2.24. The van der Waals surface area contributed by atoms with Gasteiger partial charge in [-0.25, -0.2) is 0 Å². The second kappa shape index (κ2) is 6.53. The van der Waals surface area contributed by atoms with Gasteiger partial charge in [0.25, 0.3) is 0 Å². The molecule has 0 aliphatic carbocycles. The molecule has 16 heavy (non-hydrogen) atoms. The van der Waals surface area contributed by atoms with Gasteiger partial charge < -0.3 is 11.1 Å². The summed E-state index contributed by atoms with van der Waals surface area (Å²) in [5.74, 6) is 1.08. The fourth-order valence-electron chi connectivity index (χ4n) is 1.43. The minimum Gasteiger partial charge on any atom is -0.370 e. The normalized spacial score (nSPS) is 14.1. The molecule has 3 nitrogen and oxygen atoms in total. The van der Waals surface area contributed by atoms with E-state index >= 15 is 0 Å². The van der Waals surface area contributed by atoms with E-state index in [-0.39, 0.29) is 0 Å². The highest BCUT2D eigenvalue weighted by molar-refractivity contribution is 7.09. The summed E-state index contributed by atoms with van der Waals surface area (Å²) >= 11 is 1.80. The van der Waals surface area contributed by atoms with Crippen molar-refractivity contribution in [2.45, 2.75) is 33.2 Å². The molecular weight excluding hydrogens is 218 g/mol. The van der Waals surface area contributed by atoms with E-state index in [1.54, 1.807) is 11.3 Å². The smallest absolute Gasteiger partial charge is 0.188 e. The summed E-state index contributed by atoms with van der Waals surface area (Å²) in [5, 5.41) is 5.20. The molecule has 0 aliphatic rings. The summed E-state index contributed by atoms with van der Waals surface area (Å²) in [4.78, 5) is 5.75. The average molecular weight is 239 g/mol. The lowest BCUT2D eigenvalue weighted by Gasteiger charge is -2.10. The zero-order chi connectivity index (χ0) is 12.0. The number of rotatable bonds is 5. The molecule has 0 radical (unpaired) electrons. The molecule has 1 rings (SSSR count). The first kappa shape index (κ1) is 13.0. The van der Waals surface area contributed by atoms with Gasteiger partial charge in [-0.15, -0.1) is 11.3 Å². The van der Waals surface area contributed by atoms with Crippen LogP contribution in [0, 0.1) is 5.92 Å². The maximum atomic E-state index is 5.74. The highest BCUT2D eigenvalue weighted by atomic mass is 32.1. The van der Waals surface area contributed by atoms with Crippen molar-refractivity contribution in [2.75, 3.05) is 6.54 Å². The van der Waals surface area contributed by atoms with Crippen molar-refractivity contribution in [1.82, 2.24) is 5.32 Å². The molecule has 1 heterocycles. The van der Waals surface area contributed by atoms with Gasteiger partial charge in [0.15, 0.2) is 5.96 Å². The Morgan fingerprint density at radius 3 is 2.81 bits per heavy atom. The van der Waals surface area contributed by atoms with Crippen LogP contribution in [0.3, 0.4) is 0 Å². The van der Waals surface area contributed by atoms with E-state index in [2.05, 4.69) is 48.6 Å². The summed E-state index contributed by atoms with van der Waals surface area (Å²) in [6.45, 7) is 7.09. The lowest BCUT2D eigenvalue weighted by Crippen LogP contribution is -2.37. The minimum absolute atomic E-state index is 0.344. The number of thiophene rings is 1. The quantitative estimate of drug-likeness (QED) is 0.611. The Morgan fingerprint density at radius 2 is 2.25 bits per heavy atom. The lowest BCUT2D eigenvalue weighted by atomic mass is 10.1. The van der Waals surface area contributed by atoms with Gasteiger partial charge in [-0.05, 0) is 37.6 Å². The summed E-state index contributed by atoms with van der Waals surface area (Å²) in [5.41, 5.74) is 5.74. The number of hydrogen-bond acceptors (Lipinski definition) is 2. The van der Waals surface area contributed by atoms with Gasteiger partial charge in [-0.3, -0.25) is 4.99 Å². The third-order valence-electron chi connectivity index (χ3n) is 2.14. The highest BCUT2D eigenvalue weighted by Gasteiger charge is 2.04. The molecular formula is C12H21N3S. The van der Waals surface area contributed by atoms with Crippen molar-refractivity contribution in [3.63, 3.8) is 0 Å². The summed E-state index contributed by atoms with van der Waals surface area (Å²) in [7, 11) is 0. The molecule has 1 aromatic heterocycles. The van der Waals surface area contributed by atoms with Gasteiger partial charge in [0.05, 0.1) is 0 Å². The number of nitrogens with zero attached hydrogens (tertiary/aromatic N) is 1. The lowest BCUT2D eigenvalue weighted by molar-refractivity contribution is 0.595. The van der Waals surface area contributed by atoms with Gasteiger partial charge in [-0.1, -0.05) is 13.0 Å². The Hall–Kier alpha value is -1.03. The largest absolute Gasteiger partial charge is 0.370 e. The molecule has 3 N–H and O–H groups in total. The van der Waals surface area contributed by atoms with Crippen LogP contribution in [0.2, 0.25) is 0 Å². The Kier molecular flexibility index (Phi) is 5.32. The highest BCUT2D eigenvalue weighted by Crippen LogP contribution is 2.14. The molecule has 0 aliphatic heterocycles. The fourth-order valence-corrected chi connectivity index (χ4v) is 2.30. The molecule has 0 spiro atoms. The second-order valence-electron chi connectivity index (χ2n) is 4.41.